The Morgan fingerprint density at radius 1 is 1.31 bits per heavy atom. The number of nitrogens with one attached hydrogen (secondary N) is 2. The molecule has 0 spiro atoms. The van der Waals surface area contributed by atoms with Crippen LogP contribution in [0.5, 0.6) is 0 Å². The Labute approximate surface area is 94.6 Å². The minimum Gasteiger partial charge on any atom is -0.363 e. The Bertz CT molecular complexity index is 316. The molecule has 0 aromatic carbocycles. The Hall–Kier alpha value is -1.52. The van der Waals surface area contributed by atoms with Crippen molar-refractivity contribution in [3.63, 3.8) is 0 Å². The summed E-state index contributed by atoms with van der Waals surface area (Å²) in [5.74, 6) is 0.450. The molecule has 0 bridgehead atoms. The normalized spacial score (nSPS) is 17.8. The van der Waals surface area contributed by atoms with Crippen LogP contribution >= 0.6 is 0 Å². The first-order valence-electron chi connectivity index (χ1n) is 5.82. The third-order valence-corrected chi connectivity index (χ3v) is 2.87. The van der Waals surface area contributed by atoms with Crippen LogP contribution in [0.25, 0.3) is 0 Å². The summed E-state index contributed by atoms with van der Waals surface area (Å²) in [5, 5.41) is 9.22. The molecule has 2 rings (SSSR count). The van der Waals surface area contributed by atoms with Crippen molar-refractivity contribution in [3.05, 3.63) is 12.3 Å². The highest BCUT2D eigenvalue weighted by atomic mass is 16.5. The molecule has 1 aromatic rings. The van der Waals surface area contributed by atoms with Gasteiger partial charge in [-0.1, -0.05) is 30.8 Å². The number of anilines is 1. The predicted octanol–water partition coefficient (Wildman–Crippen LogP) is 2.52. The maximum atomic E-state index is 11.6. The second kappa shape index (κ2) is 5.53. The van der Waals surface area contributed by atoms with Gasteiger partial charge in [0.1, 0.15) is 6.26 Å². The molecule has 0 atom stereocenters. The third-order valence-electron chi connectivity index (χ3n) is 2.87. The number of nitrogens with zero attached hydrogens (tertiary/aromatic N) is 1. The van der Waals surface area contributed by atoms with Crippen molar-refractivity contribution in [3.8, 4) is 0 Å². The maximum absolute atomic E-state index is 11.6. The quantitative estimate of drug-likeness (QED) is 0.757. The van der Waals surface area contributed by atoms with Gasteiger partial charge in [0, 0.05) is 12.1 Å². The summed E-state index contributed by atoms with van der Waals surface area (Å²) in [6, 6.07) is 1.72. The summed E-state index contributed by atoms with van der Waals surface area (Å²) in [6.07, 6.45) is 8.55. The summed E-state index contributed by atoms with van der Waals surface area (Å²) >= 11 is 0. The SMILES string of the molecule is O=C(Nc1ccon1)NC1CCCCCC1. The molecular weight excluding hydrogens is 206 g/mol. The van der Waals surface area contributed by atoms with E-state index in [0.717, 1.165) is 12.8 Å². The van der Waals surface area contributed by atoms with Crippen LogP contribution in [0, 0.1) is 0 Å². The van der Waals surface area contributed by atoms with Gasteiger partial charge in [0.05, 0.1) is 0 Å². The molecular formula is C11H17N3O2. The average Bonchev–Trinajstić information content (AvgIpc) is 2.62. The first kappa shape index (κ1) is 11.0. The minimum absolute atomic E-state index is 0.194. The monoisotopic (exact) mass is 223 g/mol. The summed E-state index contributed by atoms with van der Waals surface area (Å²) in [7, 11) is 0. The highest BCUT2D eigenvalue weighted by Crippen LogP contribution is 2.17. The average molecular weight is 223 g/mol. The standard InChI is InChI=1S/C11H17N3O2/c15-11(13-10-7-8-16-14-10)12-9-5-3-1-2-4-6-9/h7-9H,1-6H2,(H2,12,13,14,15). The lowest BCUT2D eigenvalue weighted by Gasteiger charge is -2.15. The molecule has 0 radical (unpaired) electrons. The third kappa shape index (κ3) is 3.25. The van der Waals surface area contributed by atoms with Crippen LogP contribution < -0.4 is 10.6 Å². The van der Waals surface area contributed by atoms with Crippen LogP contribution in [-0.2, 0) is 0 Å². The van der Waals surface area contributed by atoms with Gasteiger partial charge in [-0.2, -0.15) is 0 Å². The molecule has 2 amide bonds. The van der Waals surface area contributed by atoms with Crippen LogP contribution in [0.4, 0.5) is 10.6 Å². The van der Waals surface area contributed by atoms with Gasteiger partial charge in [-0.15, -0.1) is 0 Å². The van der Waals surface area contributed by atoms with Crippen molar-refractivity contribution in [2.75, 3.05) is 5.32 Å². The van der Waals surface area contributed by atoms with E-state index in [0.29, 0.717) is 11.9 Å². The lowest BCUT2D eigenvalue weighted by Crippen LogP contribution is -2.37. The number of hydrogen-bond donors (Lipinski definition) is 2. The fourth-order valence-electron chi connectivity index (χ4n) is 2.04. The molecule has 1 fully saturated rings. The zero-order chi connectivity index (χ0) is 11.2. The Morgan fingerprint density at radius 3 is 2.69 bits per heavy atom. The Kier molecular flexibility index (Phi) is 3.80. The van der Waals surface area contributed by atoms with Gasteiger partial charge >= 0.3 is 6.03 Å². The fourth-order valence-corrected chi connectivity index (χ4v) is 2.04. The Morgan fingerprint density at radius 2 is 2.06 bits per heavy atom. The number of carbonyl (C=O) groups excluding carboxylic acids is 1. The number of aromatic nitrogens is 1. The van der Waals surface area contributed by atoms with Gasteiger partial charge < -0.3 is 9.84 Å². The van der Waals surface area contributed by atoms with Crippen LogP contribution in [0.2, 0.25) is 0 Å². The van der Waals surface area contributed by atoms with E-state index in [1.165, 1.54) is 31.9 Å². The van der Waals surface area contributed by atoms with E-state index >= 15 is 0 Å². The summed E-state index contributed by atoms with van der Waals surface area (Å²) in [6.45, 7) is 0. The highest BCUT2D eigenvalue weighted by Gasteiger charge is 2.14. The number of hydrogen-bond acceptors (Lipinski definition) is 3. The zero-order valence-electron chi connectivity index (χ0n) is 9.24. The van der Waals surface area contributed by atoms with Gasteiger partial charge in [0.15, 0.2) is 5.82 Å². The predicted molar refractivity (Wildman–Crippen MR) is 60.1 cm³/mol. The van der Waals surface area contributed by atoms with E-state index in [1.54, 1.807) is 6.07 Å². The van der Waals surface area contributed by atoms with Crippen LogP contribution in [0.1, 0.15) is 38.5 Å². The van der Waals surface area contributed by atoms with E-state index in [4.69, 9.17) is 0 Å². The topological polar surface area (TPSA) is 67.2 Å². The van der Waals surface area contributed by atoms with Crippen LogP contribution in [-0.4, -0.2) is 17.2 Å². The van der Waals surface area contributed by atoms with E-state index in [9.17, 15) is 4.79 Å². The van der Waals surface area contributed by atoms with E-state index < -0.39 is 0 Å². The first-order valence-corrected chi connectivity index (χ1v) is 5.82. The molecule has 1 heterocycles. The smallest absolute Gasteiger partial charge is 0.320 e. The second-order valence-electron chi connectivity index (χ2n) is 4.17. The fraction of sp³-hybridized carbons (Fsp3) is 0.636. The van der Waals surface area contributed by atoms with Gasteiger partial charge in [-0.3, -0.25) is 5.32 Å². The van der Waals surface area contributed by atoms with Gasteiger partial charge in [0.2, 0.25) is 0 Å². The van der Waals surface area contributed by atoms with Crippen LogP contribution in [0.3, 0.4) is 0 Å². The van der Waals surface area contributed by atoms with Gasteiger partial charge in [0.25, 0.3) is 0 Å². The molecule has 88 valence electrons. The molecule has 0 unspecified atom stereocenters. The minimum atomic E-state index is -0.194. The lowest BCUT2D eigenvalue weighted by atomic mass is 10.1. The molecule has 16 heavy (non-hydrogen) atoms. The molecule has 1 aliphatic rings. The van der Waals surface area contributed by atoms with Gasteiger partial charge in [-0.05, 0) is 12.8 Å². The second-order valence-corrected chi connectivity index (χ2v) is 4.17. The molecule has 5 nitrogen and oxygen atoms in total. The molecule has 0 aliphatic heterocycles. The summed E-state index contributed by atoms with van der Waals surface area (Å²) < 4.78 is 4.63. The molecule has 1 aliphatic carbocycles. The number of carbonyl (C=O) groups is 1. The van der Waals surface area contributed by atoms with Crippen molar-refractivity contribution < 1.29 is 9.32 Å². The first-order chi connectivity index (χ1) is 7.84. The molecule has 1 aromatic heterocycles. The van der Waals surface area contributed by atoms with Crippen molar-refractivity contribution in [2.24, 2.45) is 0 Å². The van der Waals surface area contributed by atoms with Crippen LogP contribution in [0.15, 0.2) is 16.9 Å². The summed E-state index contributed by atoms with van der Waals surface area (Å²) in [4.78, 5) is 11.6. The highest BCUT2D eigenvalue weighted by molar-refractivity contribution is 5.88. The zero-order valence-corrected chi connectivity index (χ0v) is 9.24. The molecule has 2 N–H and O–H groups in total. The largest absolute Gasteiger partial charge is 0.363 e. The van der Waals surface area contributed by atoms with E-state index in [-0.39, 0.29) is 6.03 Å². The van der Waals surface area contributed by atoms with Gasteiger partial charge in [-0.25, -0.2) is 4.79 Å². The van der Waals surface area contributed by atoms with Crippen molar-refractivity contribution in [2.45, 2.75) is 44.6 Å². The number of rotatable bonds is 2. The van der Waals surface area contributed by atoms with Crippen molar-refractivity contribution in [1.82, 2.24) is 10.5 Å². The summed E-state index contributed by atoms with van der Waals surface area (Å²) in [5.41, 5.74) is 0. The molecule has 1 saturated carbocycles. The Balaban J connectivity index is 1.77. The van der Waals surface area contributed by atoms with E-state index in [1.807, 2.05) is 0 Å². The molecule has 5 heteroatoms. The lowest BCUT2D eigenvalue weighted by molar-refractivity contribution is 0.247. The van der Waals surface area contributed by atoms with E-state index in [2.05, 4.69) is 20.3 Å². The van der Waals surface area contributed by atoms with Crippen molar-refractivity contribution >= 4 is 11.8 Å². The number of amides is 2. The number of urea groups is 1. The maximum Gasteiger partial charge on any atom is 0.320 e. The molecule has 0 saturated heterocycles. The van der Waals surface area contributed by atoms with Crippen molar-refractivity contribution in [1.29, 1.82) is 0 Å².